The van der Waals surface area contributed by atoms with E-state index in [2.05, 4.69) is 33.4 Å². The van der Waals surface area contributed by atoms with E-state index in [1.807, 2.05) is 0 Å². The summed E-state index contributed by atoms with van der Waals surface area (Å²) in [6.45, 7) is 10.4. The van der Waals surface area contributed by atoms with Gasteiger partial charge in [0.2, 0.25) is 0 Å². The maximum atomic E-state index is 10.1. The molecule has 0 aromatic heterocycles. The molecule has 0 aromatic carbocycles. The summed E-state index contributed by atoms with van der Waals surface area (Å²) in [5.74, 6) is 0.697. The largest absolute Gasteiger partial charge is 0.393 e. The maximum absolute atomic E-state index is 10.1. The summed E-state index contributed by atoms with van der Waals surface area (Å²) in [5, 5.41) is 20.2. The standard InChI is InChI=1S/C15H24O2/c1-9(2)11-5-6-12-14(17)7-13(16)10(3)15(12,4)8-11/h6,10-11,13-14,16-17H,1,5,7-8H2,2-4H3/t10?,11-,13?,14-,15-/m1/s1. The van der Waals surface area contributed by atoms with Gasteiger partial charge in [-0.15, -0.1) is 0 Å². The second kappa shape index (κ2) is 4.25. The van der Waals surface area contributed by atoms with Crippen LogP contribution in [0.4, 0.5) is 0 Å². The molecule has 2 unspecified atom stereocenters. The van der Waals surface area contributed by atoms with Crippen molar-refractivity contribution >= 4 is 0 Å². The van der Waals surface area contributed by atoms with Crippen LogP contribution in [0.25, 0.3) is 0 Å². The van der Waals surface area contributed by atoms with Crippen molar-refractivity contribution in [3.05, 3.63) is 23.8 Å². The molecule has 2 rings (SSSR count). The summed E-state index contributed by atoms with van der Waals surface area (Å²) in [6.07, 6.45) is 3.81. The van der Waals surface area contributed by atoms with Crippen molar-refractivity contribution in [2.75, 3.05) is 0 Å². The molecule has 2 aliphatic carbocycles. The van der Waals surface area contributed by atoms with Gasteiger partial charge in [-0.1, -0.05) is 32.1 Å². The molecule has 0 radical (unpaired) electrons. The number of hydrogen-bond donors (Lipinski definition) is 2. The van der Waals surface area contributed by atoms with Crippen LogP contribution in [-0.4, -0.2) is 22.4 Å². The molecule has 0 bridgehead atoms. The van der Waals surface area contributed by atoms with Gasteiger partial charge in [-0.25, -0.2) is 0 Å². The Kier molecular flexibility index (Phi) is 3.21. The highest BCUT2D eigenvalue weighted by Gasteiger charge is 2.48. The Balaban J connectivity index is 2.35. The number of allylic oxidation sites excluding steroid dienone is 2. The van der Waals surface area contributed by atoms with E-state index in [1.54, 1.807) is 0 Å². The second-order valence-electron chi connectivity index (χ2n) is 6.17. The molecule has 2 aliphatic rings. The molecule has 1 fully saturated rings. The number of hydrogen-bond acceptors (Lipinski definition) is 2. The van der Waals surface area contributed by atoms with Gasteiger partial charge in [-0.2, -0.15) is 0 Å². The predicted molar refractivity (Wildman–Crippen MR) is 69.5 cm³/mol. The van der Waals surface area contributed by atoms with Crippen LogP contribution in [0.3, 0.4) is 0 Å². The molecule has 1 saturated carbocycles. The van der Waals surface area contributed by atoms with E-state index in [0.717, 1.165) is 18.4 Å². The average molecular weight is 236 g/mol. The molecule has 0 aliphatic heterocycles. The molecule has 96 valence electrons. The molecular weight excluding hydrogens is 212 g/mol. The van der Waals surface area contributed by atoms with Gasteiger partial charge in [0.15, 0.2) is 0 Å². The Morgan fingerprint density at radius 1 is 1.47 bits per heavy atom. The average Bonchev–Trinajstić information content (AvgIpc) is 2.25. The number of aliphatic hydroxyl groups excluding tert-OH is 2. The fourth-order valence-electron chi connectivity index (χ4n) is 3.54. The highest BCUT2D eigenvalue weighted by molar-refractivity contribution is 5.28. The number of fused-ring (bicyclic) bond motifs is 1. The summed E-state index contributed by atoms with van der Waals surface area (Å²) in [5.41, 5.74) is 2.29. The van der Waals surface area contributed by atoms with Crippen LogP contribution in [0.1, 0.15) is 40.0 Å². The fourth-order valence-corrected chi connectivity index (χ4v) is 3.54. The molecule has 0 aromatic rings. The smallest absolute Gasteiger partial charge is 0.0780 e. The van der Waals surface area contributed by atoms with Gasteiger partial charge in [0, 0.05) is 6.42 Å². The zero-order chi connectivity index (χ0) is 12.8. The van der Waals surface area contributed by atoms with Gasteiger partial charge in [0.25, 0.3) is 0 Å². The lowest BCUT2D eigenvalue weighted by Crippen LogP contribution is -2.48. The van der Waals surface area contributed by atoms with Crippen LogP contribution in [0.5, 0.6) is 0 Å². The molecule has 2 nitrogen and oxygen atoms in total. The van der Waals surface area contributed by atoms with Crippen molar-refractivity contribution < 1.29 is 10.2 Å². The van der Waals surface area contributed by atoms with Crippen molar-refractivity contribution in [3.63, 3.8) is 0 Å². The monoisotopic (exact) mass is 236 g/mol. The first kappa shape index (κ1) is 12.8. The van der Waals surface area contributed by atoms with Crippen molar-refractivity contribution in [2.24, 2.45) is 17.3 Å². The predicted octanol–water partition coefficient (Wildman–Crippen LogP) is 2.67. The summed E-state index contributed by atoms with van der Waals surface area (Å²) < 4.78 is 0. The maximum Gasteiger partial charge on any atom is 0.0780 e. The Morgan fingerprint density at radius 2 is 2.12 bits per heavy atom. The summed E-state index contributed by atoms with van der Waals surface area (Å²) in [6, 6.07) is 0. The molecule has 2 N–H and O–H groups in total. The first-order chi connectivity index (χ1) is 7.86. The highest BCUT2D eigenvalue weighted by Crippen LogP contribution is 2.52. The van der Waals surface area contributed by atoms with Gasteiger partial charge in [-0.3, -0.25) is 0 Å². The topological polar surface area (TPSA) is 40.5 Å². The van der Waals surface area contributed by atoms with Crippen molar-refractivity contribution in [2.45, 2.75) is 52.2 Å². The number of rotatable bonds is 1. The van der Waals surface area contributed by atoms with E-state index in [0.29, 0.717) is 12.3 Å². The summed E-state index contributed by atoms with van der Waals surface area (Å²) in [4.78, 5) is 0. The van der Waals surface area contributed by atoms with Gasteiger partial charge < -0.3 is 10.2 Å². The SMILES string of the molecule is C=C(C)[C@@H]1CC=C2[C@H](O)CC(O)C(C)[C@@]2(C)C1. The molecule has 0 spiro atoms. The van der Waals surface area contributed by atoms with Crippen LogP contribution >= 0.6 is 0 Å². The van der Waals surface area contributed by atoms with Crippen molar-refractivity contribution in [3.8, 4) is 0 Å². The Hall–Kier alpha value is -0.600. The second-order valence-corrected chi connectivity index (χ2v) is 6.17. The van der Waals surface area contributed by atoms with E-state index < -0.39 is 12.2 Å². The summed E-state index contributed by atoms with van der Waals surface area (Å²) >= 11 is 0. The van der Waals surface area contributed by atoms with Gasteiger partial charge in [0.1, 0.15) is 0 Å². The molecule has 5 atom stereocenters. The Morgan fingerprint density at radius 3 is 2.71 bits per heavy atom. The van der Waals surface area contributed by atoms with Crippen LogP contribution in [0, 0.1) is 17.3 Å². The molecule has 0 heterocycles. The van der Waals surface area contributed by atoms with Crippen LogP contribution in [0.15, 0.2) is 23.8 Å². The van der Waals surface area contributed by atoms with E-state index in [9.17, 15) is 10.2 Å². The van der Waals surface area contributed by atoms with E-state index in [1.165, 1.54) is 5.57 Å². The lowest BCUT2D eigenvalue weighted by Gasteiger charge is -2.50. The zero-order valence-corrected chi connectivity index (χ0v) is 11.1. The third-order valence-corrected chi connectivity index (χ3v) is 5.06. The van der Waals surface area contributed by atoms with Crippen molar-refractivity contribution in [1.82, 2.24) is 0 Å². The van der Waals surface area contributed by atoms with E-state index in [4.69, 9.17) is 0 Å². The summed E-state index contributed by atoms with van der Waals surface area (Å²) in [7, 11) is 0. The van der Waals surface area contributed by atoms with Gasteiger partial charge >= 0.3 is 0 Å². The quantitative estimate of drug-likeness (QED) is 0.687. The highest BCUT2D eigenvalue weighted by atomic mass is 16.3. The first-order valence-electron chi connectivity index (χ1n) is 6.58. The Bertz CT molecular complexity index is 358. The van der Waals surface area contributed by atoms with Gasteiger partial charge in [0.05, 0.1) is 12.2 Å². The third-order valence-electron chi connectivity index (χ3n) is 5.06. The lowest BCUT2D eigenvalue weighted by atomic mass is 9.56. The molecule has 0 amide bonds. The zero-order valence-electron chi connectivity index (χ0n) is 11.1. The fraction of sp³-hybridized carbons (Fsp3) is 0.733. The van der Waals surface area contributed by atoms with Crippen molar-refractivity contribution in [1.29, 1.82) is 0 Å². The van der Waals surface area contributed by atoms with Gasteiger partial charge in [-0.05, 0) is 42.6 Å². The number of aliphatic hydroxyl groups is 2. The van der Waals surface area contributed by atoms with Crippen LogP contribution in [0.2, 0.25) is 0 Å². The minimum Gasteiger partial charge on any atom is -0.393 e. The Labute approximate surface area is 104 Å². The van der Waals surface area contributed by atoms with Crippen LogP contribution < -0.4 is 0 Å². The molecular formula is C15H24O2. The molecule has 0 saturated heterocycles. The first-order valence-corrected chi connectivity index (χ1v) is 6.58. The lowest BCUT2D eigenvalue weighted by molar-refractivity contribution is -0.0349. The minimum absolute atomic E-state index is 0.0705. The van der Waals surface area contributed by atoms with E-state index in [-0.39, 0.29) is 11.3 Å². The normalized spacial score (nSPS) is 46.1. The molecule has 2 heteroatoms. The van der Waals surface area contributed by atoms with Crippen LogP contribution in [-0.2, 0) is 0 Å². The molecule has 17 heavy (non-hydrogen) atoms. The third kappa shape index (κ3) is 1.98. The minimum atomic E-state index is -0.461. The van der Waals surface area contributed by atoms with E-state index >= 15 is 0 Å².